The molecule has 1 saturated carbocycles. The molecule has 0 aromatic heterocycles. The highest BCUT2D eigenvalue weighted by atomic mass is 28.4. The van der Waals surface area contributed by atoms with Gasteiger partial charge in [0.05, 0.1) is 0 Å². The molecule has 26 heavy (non-hydrogen) atoms. The van der Waals surface area contributed by atoms with E-state index in [4.69, 9.17) is 18.6 Å². The predicted octanol–water partition coefficient (Wildman–Crippen LogP) is 2.11. The van der Waals surface area contributed by atoms with E-state index < -0.39 is 50.9 Å². The average Bonchev–Trinajstić information content (AvgIpc) is 2.58. The molecular formula is C19H28O6Si. The van der Waals surface area contributed by atoms with Crippen LogP contribution >= 0.6 is 0 Å². The Morgan fingerprint density at radius 3 is 1.92 bits per heavy atom. The summed E-state index contributed by atoms with van der Waals surface area (Å²) in [6.07, 6.45) is -4.42. The molecular weight excluding hydrogens is 352 g/mol. The Kier molecular flexibility index (Phi) is 4.17. The first-order valence-corrected chi connectivity index (χ1v) is 12.1. The number of rotatable bonds is 3. The highest BCUT2D eigenvalue weighted by molar-refractivity contribution is 6.74. The third-order valence-electron chi connectivity index (χ3n) is 6.23. The third kappa shape index (κ3) is 2.61. The highest BCUT2D eigenvalue weighted by Crippen LogP contribution is 2.52. The first-order valence-electron chi connectivity index (χ1n) is 9.19. The van der Waals surface area contributed by atoms with E-state index in [1.807, 2.05) is 30.3 Å². The van der Waals surface area contributed by atoms with Crippen molar-refractivity contribution in [1.29, 1.82) is 0 Å². The SMILES string of the molecule is CC(C)(C)[Si](C)(C)OC1[C@H]2OC3(c4ccccc4)OC([C@H]2O)[C@@H](O)[C@H]1O3. The molecule has 1 aromatic rings. The van der Waals surface area contributed by atoms with E-state index in [9.17, 15) is 10.2 Å². The summed E-state index contributed by atoms with van der Waals surface area (Å²) < 4.78 is 24.6. The van der Waals surface area contributed by atoms with Gasteiger partial charge in [-0.2, -0.15) is 0 Å². The molecule has 3 unspecified atom stereocenters. The fraction of sp³-hybridized carbons (Fsp3) is 0.684. The molecule has 144 valence electrons. The van der Waals surface area contributed by atoms with Gasteiger partial charge in [-0.25, -0.2) is 0 Å². The molecule has 0 amide bonds. The van der Waals surface area contributed by atoms with Crippen LogP contribution in [0.5, 0.6) is 0 Å². The van der Waals surface area contributed by atoms with Crippen molar-refractivity contribution >= 4 is 8.32 Å². The molecule has 3 saturated heterocycles. The van der Waals surface area contributed by atoms with Crippen LogP contribution in [0.15, 0.2) is 30.3 Å². The molecule has 2 N–H and O–H groups in total. The van der Waals surface area contributed by atoms with E-state index >= 15 is 0 Å². The summed E-state index contributed by atoms with van der Waals surface area (Å²) in [6, 6.07) is 9.36. The minimum absolute atomic E-state index is 0.00874. The molecule has 7 heteroatoms. The molecule has 7 atom stereocenters. The van der Waals surface area contributed by atoms with Crippen LogP contribution in [0.3, 0.4) is 0 Å². The second-order valence-corrected chi connectivity index (χ2v) is 13.7. The van der Waals surface area contributed by atoms with E-state index in [2.05, 4.69) is 33.9 Å². The molecule has 0 radical (unpaired) electrons. The van der Waals surface area contributed by atoms with E-state index in [-0.39, 0.29) is 5.04 Å². The van der Waals surface area contributed by atoms with E-state index in [0.29, 0.717) is 5.56 Å². The lowest BCUT2D eigenvalue weighted by atomic mass is 9.81. The normalized spacial score (nSPS) is 42.3. The van der Waals surface area contributed by atoms with Crippen molar-refractivity contribution in [3.8, 4) is 0 Å². The van der Waals surface area contributed by atoms with Crippen molar-refractivity contribution in [3.05, 3.63) is 35.9 Å². The van der Waals surface area contributed by atoms with Crippen LogP contribution in [0.4, 0.5) is 0 Å². The Morgan fingerprint density at radius 1 is 0.923 bits per heavy atom. The summed E-state index contributed by atoms with van der Waals surface area (Å²) in [6.45, 7) is 10.7. The van der Waals surface area contributed by atoms with Gasteiger partial charge in [-0.05, 0) is 18.1 Å². The standard InChI is InChI=1S/C19H28O6Si/c1-18(2,3)26(4,5)25-17-15-12(20)14-13(21)16(17)24-19(22-14,23-15)11-9-7-6-8-10-11/h6-10,12-17,20-21H,1-5H3/t12-,13-,14?,15-,16+,17?,19?/m1/s1. The number of aliphatic hydroxyl groups excluding tert-OH is 2. The Balaban J connectivity index is 1.68. The minimum atomic E-state index is -2.15. The Morgan fingerprint density at radius 2 is 1.42 bits per heavy atom. The van der Waals surface area contributed by atoms with Crippen molar-refractivity contribution in [1.82, 2.24) is 0 Å². The zero-order chi connectivity index (χ0) is 18.9. The molecule has 6 nitrogen and oxygen atoms in total. The molecule has 3 aliphatic heterocycles. The molecule has 4 fully saturated rings. The zero-order valence-corrected chi connectivity index (χ0v) is 16.9. The molecule has 1 aliphatic carbocycles. The van der Waals surface area contributed by atoms with E-state index in [1.165, 1.54) is 0 Å². The monoisotopic (exact) mass is 380 g/mol. The van der Waals surface area contributed by atoms with Gasteiger partial charge in [0.15, 0.2) is 8.32 Å². The maximum absolute atomic E-state index is 10.7. The van der Waals surface area contributed by atoms with Gasteiger partial charge >= 0.3 is 5.97 Å². The number of hydrogen-bond donors (Lipinski definition) is 2. The van der Waals surface area contributed by atoms with Crippen molar-refractivity contribution in [3.63, 3.8) is 0 Å². The van der Waals surface area contributed by atoms with Crippen LogP contribution in [0.1, 0.15) is 26.3 Å². The smallest absolute Gasteiger partial charge is 0.313 e. The molecule has 4 bridgehead atoms. The highest BCUT2D eigenvalue weighted by Gasteiger charge is 2.68. The van der Waals surface area contributed by atoms with Gasteiger partial charge in [-0.1, -0.05) is 51.1 Å². The quantitative estimate of drug-likeness (QED) is 0.782. The Hall–Kier alpha value is -0.803. The molecule has 3 heterocycles. The number of hydrogen-bond acceptors (Lipinski definition) is 6. The van der Waals surface area contributed by atoms with Crippen LogP contribution < -0.4 is 0 Å². The summed E-state index contributed by atoms with van der Waals surface area (Å²) in [5.74, 6) is -1.40. The minimum Gasteiger partial charge on any atom is -0.408 e. The topological polar surface area (TPSA) is 77.4 Å². The molecule has 5 rings (SSSR count). The maximum atomic E-state index is 10.7. The summed E-state index contributed by atoms with van der Waals surface area (Å²) in [5, 5.41) is 21.4. The third-order valence-corrected chi connectivity index (χ3v) is 10.7. The van der Waals surface area contributed by atoms with Gasteiger partial charge in [-0.3, -0.25) is 0 Å². The second-order valence-electron chi connectivity index (χ2n) is 8.99. The number of aliphatic hydroxyl groups is 2. The van der Waals surface area contributed by atoms with Crippen molar-refractivity contribution in [2.24, 2.45) is 0 Å². The van der Waals surface area contributed by atoms with E-state index in [0.717, 1.165) is 0 Å². The lowest BCUT2D eigenvalue weighted by Crippen LogP contribution is -2.79. The van der Waals surface area contributed by atoms with Gasteiger partial charge < -0.3 is 28.8 Å². The summed E-state index contributed by atoms with van der Waals surface area (Å²) >= 11 is 0. The van der Waals surface area contributed by atoms with Gasteiger partial charge in [0.1, 0.15) is 36.6 Å². The Labute approximate surface area is 155 Å². The molecule has 0 spiro atoms. The van der Waals surface area contributed by atoms with Gasteiger partial charge in [0, 0.05) is 5.56 Å². The predicted molar refractivity (Wildman–Crippen MR) is 96.8 cm³/mol. The van der Waals surface area contributed by atoms with Crippen LogP contribution in [0.2, 0.25) is 18.1 Å². The van der Waals surface area contributed by atoms with Crippen LogP contribution in [-0.4, -0.2) is 55.2 Å². The lowest BCUT2D eigenvalue weighted by Gasteiger charge is -2.62. The van der Waals surface area contributed by atoms with E-state index in [1.54, 1.807) is 0 Å². The summed E-state index contributed by atoms with van der Waals surface area (Å²) in [7, 11) is -2.15. The van der Waals surface area contributed by atoms with Crippen molar-refractivity contribution < 1.29 is 28.8 Å². The van der Waals surface area contributed by atoms with Gasteiger partial charge in [-0.15, -0.1) is 0 Å². The lowest BCUT2D eigenvalue weighted by molar-refractivity contribution is -0.547. The molecule has 1 aromatic carbocycles. The number of ether oxygens (including phenoxy) is 3. The van der Waals surface area contributed by atoms with Gasteiger partial charge in [0.2, 0.25) is 0 Å². The van der Waals surface area contributed by atoms with Crippen molar-refractivity contribution in [2.75, 3.05) is 0 Å². The second kappa shape index (κ2) is 5.85. The summed E-state index contributed by atoms with van der Waals surface area (Å²) in [5.41, 5.74) is 0.713. The fourth-order valence-electron chi connectivity index (χ4n) is 3.68. The molecule has 4 aliphatic rings. The average molecular weight is 381 g/mol. The number of benzene rings is 1. The zero-order valence-electron chi connectivity index (χ0n) is 15.9. The summed E-state index contributed by atoms with van der Waals surface area (Å²) in [4.78, 5) is 0. The first-order chi connectivity index (χ1) is 12.1. The Bertz CT molecular complexity index is 652. The van der Waals surface area contributed by atoms with Gasteiger partial charge in [0.25, 0.3) is 0 Å². The first kappa shape index (κ1) is 18.6. The fourth-order valence-corrected chi connectivity index (χ4v) is 4.99. The van der Waals surface area contributed by atoms with Crippen LogP contribution in [0.25, 0.3) is 0 Å². The van der Waals surface area contributed by atoms with Crippen LogP contribution in [0, 0.1) is 0 Å². The maximum Gasteiger partial charge on any atom is 0.313 e. The van der Waals surface area contributed by atoms with Crippen LogP contribution in [-0.2, 0) is 24.6 Å². The van der Waals surface area contributed by atoms with Crippen molar-refractivity contribution in [2.45, 2.75) is 81.5 Å². The largest absolute Gasteiger partial charge is 0.408 e.